The van der Waals surface area contributed by atoms with Crippen molar-refractivity contribution in [1.29, 1.82) is 0 Å². The quantitative estimate of drug-likeness (QED) is 0.501. The lowest BCUT2D eigenvalue weighted by molar-refractivity contribution is 0.0997. The number of para-hydroxylation sites is 1. The summed E-state index contributed by atoms with van der Waals surface area (Å²) in [6.07, 6.45) is 1.88. The minimum absolute atomic E-state index is 0.0383. The molecule has 0 aliphatic heterocycles. The third kappa shape index (κ3) is 3.08. The second kappa shape index (κ2) is 6.60. The van der Waals surface area contributed by atoms with Crippen LogP contribution in [0.5, 0.6) is 5.75 Å². The molecule has 1 atom stereocenters. The van der Waals surface area contributed by atoms with Crippen LogP contribution in [0, 0.1) is 5.41 Å². The highest BCUT2D eigenvalue weighted by Gasteiger charge is 2.35. The molecule has 0 bridgehead atoms. The first kappa shape index (κ1) is 18.2. The molecule has 2 heterocycles. The van der Waals surface area contributed by atoms with Crippen molar-refractivity contribution >= 4 is 21.8 Å². The van der Waals surface area contributed by atoms with Gasteiger partial charge in [0, 0.05) is 34.0 Å². The van der Waals surface area contributed by atoms with Gasteiger partial charge in [-0.05, 0) is 42.0 Å². The number of aliphatic hydroxyl groups excluding tert-OH is 1. The third-order valence-electron chi connectivity index (χ3n) is 6.10. The maximum Gasteiger partial charge on any atom is 0.118 e. The van der Waals surface area contributed by atoms with Crippen LogP contribution in [0.25, 0.3) is 21.8 Å². The number of rotatable bonds is 3. The van der Waals surface area contributed by atoms with E-state index in [2.05, 4.69) is 49.2 Å². The standard InChI is InChI=1S/C25H26N2O2/c1-25(2)13-20-23(21(28)14-25)22-17-6-4-5-7-18(17)27-24(22)19(26-20)12-15-8-10-16(29-3)11-9-15/h4-11,21,27-28H,12-14H2,1-3H3/t21-/m0/s1. The third-order valence-corrected chi connectivity index (χ3v) is 6.10. The van der Waals surface area contributed by atoms with Crippen LogP contribution in [-0.2, 0) is 12.8 Å². The first-order valence-corrected chi connectivity index (χ1v) is 10.2. The molecule has 4 heteroatoms. The van der Waals surface area contributed by atoms with Crippen LogP contribution in [0.4, 0.5) is 0 Å². The molecule has 29 heavy (non-hydrogen) atoms. The van der Waals surface area contributed by atoms with Gasteiger partial charge in [-0.3, -0.25) is 4.98 Å². The summed E-state index contributed by atoms with van der Waals surface area (Å²) in [7, 11) is 1.68. The average molecular weight is 386 g/mol. The van der Waals surface area contributed by atoms with Gasteiger partial charge in [0.25, 0.3) is 0 Å². The molecule has 0 saturated heterocycles. The van der Waals surface area contributed by atoms with E-state index in [0.29, 0.717) is 0 Å². The van der Waals surface area contributed by atoms with Crippen LogP contribution in [0.3, 0.4) is 0 Å². The van der Waals surface area contributed by atoms with Crippen molar-refractivity contribution in [3.05, 3.63) is 71.0 Å². The lowest BCUT2D eigenvalue weighted by atomic mass is 9.74. The number of nitrogens with zero attached hydrogens (tertiary/aromatic N) is 1. The Morgan fingerprint density at radius 3 is 2.66 bits per heavy atom. The van der Waals surface area contributed by atoms with Crippen molar-refractivity contribution in [2.45, 2.75) is 39.2 Å². The summed E-state index contributed by atoms with van der Waals surface area (Å²) in [5.74, 6) is 0.854. The number of aliphatic hydroxyl groups is 1. The Hall–Kier alpha value is -2.85. The number of H-pyrrole nitrogens is 1. The number of ether oxygens (including phenoxy) is 1. The van der Waals surface area contributed by atoms with Gasteiger partial charge in [0.2, 0.25) is 0 Å². The van der Waals surface area contributed by atoms with Crippen LogP contribution in [-0.4, -0.2) is 22.2 Å². The van der Waals surface area contributed by atoms with E-state index in [-0.39, 0.29) is 5.41 Å². The number of nitrogens with one attached hydrogen (secondary N) is 1. The molecule has 0 spiro atoms. The largest absolute Gasteiger partial charge is 0.497 e. The van der Waals surface area contributed by atoms with Gasteiger partial charge in [0.15, 0.2) is 0 Å². The number of hydrogen-bond acceptors (Lipinski definition) is 3. The molecule has 4 aromatic rings. The molecule has 1 aliphatic carbocycles. The maximum atomic E-state index is 11.0. The van der Waals surface area contributed by atoms with Gasteiger partial charge < -0.3 is 14.8 Å². The number of aromatic nitrogens is 2. The van der Waals surface area contributed by atoms with Gasteiger partial charge in [-0.25, -0.2) is 0 Å². The highest BCUT2D eigenvalue weighted by atomic mass is 16.5. The summed E-state index contributed by atoms with van der Waals surface area (Å²) in [4.78, 5) is 8.68. The van der Waals surface area contributed by atoms with Gasteiger partial charge in [-0.2, -0.15) is 0 Å². The predicted octanol–water partition coefficient (Wildman–Crippen LogP) is 5.32. The topological polar surface area (TPSA) is 58.1 Å². The maximum absolute atomic E-state index is 11.0. The van der Waals surface area contributed by atoms with E-state index in [1.165, 1.54) is 5.56 Å². The van der Waals surface area contributed by atoms with Crippen LogP contribution >= 0.6 is 0 Å². The fourth-order valence-electron chi connectivity index (χ4n) is 4.77. The van der Waals surface area contributed by atoms with Crippen LogP contribution in [0.15, 0.2) is 48.5 Å². The van der Waals surface area contributed by atoms with E-state index < -0.39 is 6.10 Å². The summed E-state index contributed by atoms with van der Waals surface area (Å²) >= 11 is 0. The smallest absolute Gasteiger partial charge is 0.118 e. The second-order valence-corrected chi connectivity index (χ2v) is 8.93. The molecule has 4 nitrogen and oxygen atoms in total. The molecular formula is C25H26N2O2. The highest BCUT2D eigenvalue weighted by Crippen LogP contribution is 2.45. The minimum Gasteiger partial charge on any atom is -0.497 e. The van der Waals surface area contributed by atoms with E-state index in [1.807, 2.05) is 18.2 Å². The lowest BCUT2D eigenvalue weighted by Crippen LogP contribution is -2.27. The molecule has 1 aliphatic rings. The number of fused-ring (bicyclic) bond motifs is 5. The molecule has 0 fully saturated rings. The van der Waals surface area contributed by atoms with Crippen molar-refractivity contribution in [2.75, 3.05) is 7.11 Å². The molecule has 148 valence electrons. The summed E-state index contributed by atoms with van der Waals surface area (Å²) in [5, 5.41) is 13.3. The van der Waals surface area contributed by atoms with Gasteiger partial charge in [0.1, 0.15) is 5.75 Å². The number of aromatic amines is 1. The zero-order valence-electron chi connectivity index (χ0n) is 17.1. The average Bonchev–Trinajstić information content (AvgIpc) is 3.07. The van der Waals surface area contributed by atoms with E-state index in [9.17, 15) is 5.11 Å². The number of hydrogen-bond donors (Lipinski definition) is 2. The van der Waals surface area contributed by atoms with Gasteiger partial charge in [-0.15, -0.1) is 0 Å². The SMILES string of the molecule is COc1ccc(Cc2nc3c(c4c2[nH]c2ccccc24)[C@@H](O)CC(C)(C)C3)cc1. The Kier molecular flexibility index (Phi) is 4.14. The van der Waals surface area contributed by atoms with Gasteiger partial charge >= 0.3 is 0 Å². The van der Waals surface area contributed by atoms with E-state index in [0.717, 1.165) is 63.8 Å². The summed E-state index contributed by atoms with van der Waals surface area (Å²) in [6.45, 7) is 4.42. The molecule has 2 aromatic carbocycles. The lowest BCUT2D eigenvalue weighted by Gasteiger charge is -2.34. The predicted molar refractivity (Wildman–Crippen MR) is 116 cm³/mol. The minimum atomic E-state index is -0.488. The Labute approximate surface area is 170 Å². The van der Waals surface area contributed by atoms with Crippen molar-refractivity contribution in [3.63, 3.8) is 0 Å². The second-order valence-electron chi connectivity index (χ2n) is 8.93. The Morgan fingerprint density at radius 2 is 1.90 bits per heavy atom. The molecule has 0 saturated carbocycles. The summed E-state index contributed by atoms with van der Waals surface area (Å²) < 4.78 is 5.29. The van der Waals surface area contributed by atoms with Crippen molar-refractivity contribution in [1.82, 2.24) is 9.97 Å². The van der Waals surface area contributed by atoms with Gasteiger partial charge in [0.05, 0.1) is 24.4 Å². The van der Waals surface area contributed by atoms with Gasteiger partial charge in [-0.1, -0.05) is 44.2 Å². The van der Waals surface area contributed by atoms with E-state index >= 15 is 0 Å². The molecular weight excluding hydrogens is 360 g/mol. The Morgan fingerprint density at radius 1 is 1.14 bits per heavy atom. The fourth-order valence-corrected chi connectivity index (χ4v) is 4.77. The first-order chi connectivity index (χ1) is 13.9. The van der Waals surface area contributed by atoms with Crippen LogP contribution in [0.2, 0.25) is 0 Å². The highest BCUT2D eigenvalue weighted by molar-refractivity contribution is 6.10. The van der Waals surface area contributed by atoms with Crippen molar-refractivity contribution in [2.24, 2.45) is 5.41 Å². The number of benzene rings is 2. The number of pyridine rings is 1. The molecule has 2 N–H and O–H groups in total. The normalized spacial score (nSPS) is 18.1. The Balaban J connectivity index is 1.74. The molecule has 5 rings (SSSR count). The van der Waals surface area contributed by atoms with Crippen molar-refractivity contribution in [3.8, 4) is 5.75 Å². The number of methoxy groups -OCH3 is 1. The van der Waals surface area contributed by atoms with Crippen LogP contribution in [0.1, 0.15) is 48.9 Å². The van der Waals surface area contributed by atoms with Crippen LogP contribution < -0.4 is 4.74 Å². The molecule has 2 aromatic heterocycles. The fraction of sp³-hybridized carbons (Fsp3) is 0.320. The zero-order chi connectivity index (χ0) is 20.2. The monoisotopic (exact) mass is 386 g/mol. The summed E-state index contributed by atoms with van der Waals surface area (Å²) in [6, 6.07) is 16.5. The Bertz CT molecular complexity index is 1210. The molecule has 0 radical (unpaired) electrons. The molecule has 0 unspecified atom stereocenters. The zero-order valence-corrected chi connectivity index (χ0v) is 17.1. The van der Waals surface area contributed by atoms with E-state index in [4.69, 9.17) is 9.72 Å². The van der Waals surface area contributed by atoms with Crippen molar-refractivity contribution < 1.29 is 9.84 Å². The molecule has 0 amide bonds. The van der Waals surface area contributed by atoms with E-state index in [1.54, 1.807) is 7.11 Å². The summed E-state index contributed by atoms with van der Waals surface area (Å²) in [5.41, 5.74) is 6.44. The first-order valence-electron chi connectivity index (χ1n) is 10.2.